The fourth-order valence-electron chi connectivity index (χ4n) is 1.99. The van der Waals surface area contributed by atoms with E-state index >= 15 is 0 Å². The summed E-state index contributed by atoms with van der Waals surface area (Å²) in [6.45, 7) is 1.82. The fraction of sp³-hybridized carbons (Fsp3) is 0.0769. The smallest absolute Gasteiger partial charge is 0.192 e. The Morgan fingerprint density at radius 3 is 2.84 bits per heavy atom. The van der Waals surface area contributed by atoms with Crippen molar-refractivity contribution in [3.8, 4) is 11.4 Å². The second kappa shape index (κ2) is 4.13. The SMILES string of the molecule is Cc1cc(=O)c(-c2nc3c(N)cc(Cl)cc3[nH]2)c[nH]1. The van der Waals surface area contributed by atoms with Crippen LogP contribution in [0.15, 0.2) is 29.2 Å². The van der Waals surface area contributed by atoms with Crippen molar-refractivity contribution in [2.45, 2.75) is 6.92 Å². The van der Waals surface area contributed by atoms with Crippen LogP contribution in [-0.4, -0.2) is 15.0 Å². The summed E-state index contributed by atoms with van der Waals surface area (Å²) in [6.07, 6.45) is 1.63. The highest BCUT2D eigenvalue weighted by Gasteiger charge is 2.11. The number of aryl methyl sites for hydroxylation is 1. The highest BCUT2D eigenvalue weighted by Crippen LogP contribution is 2.26. The molecule has 5 nitrogen and oxygen atoms in total. The topological polar surface area (TPSA) is 87.6 Å². The van der Waals surface area contributed by atoms with E-state index in [4.69, 9.17) is 17.3 Å². The predicted octanol–water partition coefficient (Wildman–Crippen LogP) is 2.46. The molecule has 0 aliphatic carbocycles. The van der Waals surface area contributed by atoms with Crippen LogP contribution in [0.5, 0.6) is 0 Å². The number of benzene rings is 1. The van der Waals surface area contributed by atoms with Gasteiger partial charge in [-0.25, -0.2) is 4.98 Å². The summed E-state index contributed by atoms with van der Waals surface area (Å²) in [5.74, 6) is 0.477. The van der Waals surface area contributed by atoms with Gasteiger partial charge in [-0.3, -0.25) is 4.79 Å². The van der Waals surface area contributed by atoms with Gasteiger partial charge in [-0.15, -0.1) is 0 Å². The number of halogens is 1. The lowest BCUT2D eigenvalue weighted by Crippen LogP contribution is -2.05. The van der Waals surface area contributed by atoms with Gasteiger partial charge in [0.15, 0.2) is 5.43 Å². The highest BCUT2D eigenvalue weighted by molar-refractivity contribution is 6.31. The number of aromatic amines is 2. The van der Waals surface area contributed by atoms with Crippen molar-refractivity contribution in [3.05, 3.63) is 45.3 Å². The molecule has 6 heteroatoms. The molecule has 0 amide bonds. The van der Waals surface area contributed by atoms with Crippen LogP contribution < -0.4 is 11.2 Å². The Bertz CT molecular complexity index is 834. The number of pyridine rings is 1. The molecule has 0 radical (unpaired) electrons. The molecule has 0 saturated carbocycles. The minimum Gasteiger partial charge on any atom is -0.397 e. The van der Waals surface area contributed by atoms with Gasteiger partial charge in [-0.1, -0.05) is 11.6 Å². The molecule has 4 N–H and O–H groups in total. The van der Waals surface area contributed by atoms with Crippen molar-refractivity contribution in [2.24, 2.45) is 0 Å². The maximum Gasteiger partial charge on any atom is 0.192 e. The minimum absolute atomic E-state index is 0.0972. The van der Waals surface area contributed by atoms with E-state index in [2.05, 4.69) is 15.0 Å². The van der Waals surface area contributed by atoms with Crippen LogP contribution in [0.25, 0.3) is 22.4 Å². The van der Waals surface area contributed by atoms with Crippen LogP contribution in [0.1, 0.15) is 5.69 Å². The first-order valence-corrected chi connectivity index (χ1v) is 6.07. The Morgan fingerprint density at radius 2 is 2.11 bits per heavy atom. The first kappa shape index (κ1) is 11.8. The minimum atomic E-state index is -0.0972. The molecule has 0 unspecified atom stereocenters. The second-order valence-corrected chi connectivity index (χ2v) is 4.81. The van der Waals surface area contributed by atoms with Gasteiger partial charge in [0, 0.05) is 23.0 Å². The van der Waals surface area contributed by atoms with Gasteiger partial charge < -0.3 is 15.7 Å². The number of hydrogen-bond acceptors (Lipinski definition) is 3. The number of H-pyrrole nitrogens is 2. The largest absolute Gasteiger partial charge is 0.397 e. The number of nitrogen functional groups attached to an aromatic ring is 1. The molecule has 0 saturated heterocycles. The molecule has 19 heavy (non-hydrogen) atoms. The number of nitrogens with zero attached hydrogens (tertiary/aromatic N) is 1. The van der Waals surface area contributed by atoms with Crippen LogP contribution in [0.2, 0.25) is 5.02 Å². The number of hydrogen-bond donors (Lipinski definition) is 3. The zero-order valence-corrected chi connectivity index (χ0v) is 10.9. The zero-order chi connectivity index (χ0) is 13.6. The van der Waals surface area contributed by atoms with Crippen LogP contribution in [0.3, 0.4) is 0 Å². The molecule has 0 atom stereocenters. The molecule has 0 aliphatic heterocycles. The molecule has 0 aliphatic rings. The molecule has 0 spiro atoms. The summed E-state index contributed by atoms with van der Waals surface area (Å²) in [5, 5.41) is 0.526. The number of rotatable bonds is 1. The molecular weight excluding hydrogens is 264 g/mol. The van der Waals surface area contributed by atoms with Crippen LogP contribution in [-0.2, 0) is 0 Å². The number of fused-ring (bicyclic) bond motifs is 1. The molecular formula is C13H11ClN4O. The molecule has 1 aromatic carbocycles. The summed E-state index contributed by atoms with van der Waals surface area (Å²) < 4.78 is 0. The lowest BCUT2D eigenvalue weighted by molar-refractivity contribution is 1.17. The van der Waals surface area contributed by atoms with Crippen LogP contribution >= 0.6 is 11.6 Å². The normalized spacial score (nSPS) is 11.1. The molecule has 0 fully saturated rings. The maximum atomic E-state index is 11.9. The van der Waals surface area contributed by atoms with E-state index in [-0.39, 0.29) is 5.43 Å². The van der Waals surface area contributed by atoms with Crippen molar-refractivity contribution in [2.75, 3.05) is 5.73 Å². The number of anilines is 1. The van der Waals surface area contributed by atoms with Crippen molar-refractivity contribution < 1.29 is 0 Å². The Hall–Kier alpha value is -2.27. The van der Waals surface area contributed by atoms with Crippen molar-refractivity contribution in [3.63, 3.8) is 0 Å². The first-order valence-electron chi connectivity index (χ1n) is 5.69. The predicted molar refractivity (Wildman–Crippen MR) is 76.3 cm³/mol. The van der Waals surface area contributed by atoms with Crippen molar-refractivity contribution in [1.29, 1.82) is 0 Å². The number of imidazole rings is 1. The van der Waals surface area contributed by atoms with E-state index in [1.54, 1.807) is 18.3 Å². The molecule has 3 rings (SSSR count). The van der Waals surface area contributed by atoms with Gasteiger partial charge in [0.1, 0.15) is 11.3 Å². The summed E-state index contributed by atoms with van der Waals surface area (Å²) in [5.41, 5.74) is 8.83. The summed E-state index contributed by atoms with van der Waals surface area (Å²) in [4.78, 5) is 22.3. The number of nitrogens with one attached hydrogen (secondary N) is 2. The van der Waals surface area contributed by atoms with Gasteiger partial charge in [0.25, 0.3) is 0 Å². The zero-order valence-electron chi connectivity index (χ0n) is 10.1. The Labute approximate surface area is 113 Å². The van der Waals surface area contributed by atoms with Gasteiger partial charge >= 0.3 is 0 Å². The first-order chi connectivity index (χ1) is 9.04. The average Bonchev–Trinajstić information content (AvgIpc) is 2.72. The maximum absolute atomic E-state index is 11.9. The summed E-state index contributed by atoms with van der Waals surface area (Å²) in [6, 6.07) is 4.89. The lowest BCUT2D eigenvalue weighted by atomic mass is 10.2. The molecule has 0 bridgehead atoms. The Balaban J connectivity index is 2.26. The Kier molecular flexibility index (Phi) is 2.57. The fourth-order valence-corrected chi connectivity index (χ4v) is 2.22. The monoisotopic (exact) mass is 274 g/mol. The van der Waals surface area contributed by atoms with Gasteiger partial charge in [0.05, 0.1) is 16.8 Å². The van der Waals surface area contributed by atoms with E-state index in [1.807, 2.05) is 6.92 Å². The van der Waals surface area contributed by atoms with Gasteiger partial charge in [-0.2, -0.15) is 0 Å². The van der Waals surface area contributed by atoms with Crippen molar-refractivity contribution in [1.82, 2.24) is 15.0 Å². The van der Waals surface area contributed by atoms with Gasteiger partial charge in [-0.05, 0) is 19.1 Å². The van der Waals surface area contributed by atoms with E-state index in [0.717, 1.165) is 5.69 Å². The van der Waals surface area contributed by atoms with Crippen molar-refractivity contribution >= 4 is 28.3 Å². The quantitative estimate of drug-likeness (QED) is 0.596. The molecule has 96 valence electrons. The van der Waals surface area contributed by atoms with Crippen LogP contribution in [0.4, 0.5) is 5.69 Å². The van der Waals surface area contributed by atoms with E-state index in [0.29, 0.717) is 33.1 Å². The van der Waals surface area contributed by atoms with E-state index in [1.165, 1.54) is 6.07 Å². The summed E-state index contributed by atoms with van der Waals surface area (Å²) in [7, 11) is 0. The average molecular weight is 275 g/mol. The third kappa shape index (κ3) is 1.98. The molecule has 3 aromatic rings. The number of aromatic nitrogens is 3. The van der Waals surface area contributed by atoms with E-state index < -0.39 is 0 Å². The summed E-state index contributed by atoms with van der Waals surface area (Å²) >= 11 is 5.94. The highest BCUT2D eigenvalue weighted by atomic mass is 35.5. The Morgan fingerprint density at radius 1 is 1.32 bits per heavy atom. The van der Waals surface area contributed by atoms with Crippen LogP contribution in [0, 0.1) is 6.92 Å². The molecule has 2 aromatic heterocycles. The number of nitrogens with two attached hydrogens (primary N) is 1. The van der Waals surface area contributed by atoms with E-state index in [9.17, 15) is 4.79 Å². The second-order valence-electron chi connectivity index (χ2n) is 4.37. The third-order valence-corrected chi connectivity index (χ3v) is 3.11. The standard InChI is InChI=1S/C13H11ClN4O/c1-6-2-11(19)8(5-16-6)13-17-10-4-7(14)3-9(15)12(10)18-13/h2-5H,15H2,1H3,(H,16,19)(H,17,18). The van der Waals surface area contributed by atoms with Gasteiger partial charge in [0.2, 0.25) is 0 Å². The molecule has 2 heterocycles. The lowest BCUT2D eigenvalue weighted by Gasteiger charge is -1.96. The third-order valence-electron chi connectivity index (χ3n) is 2.89.